The first-order valence-corrected chi connectivity index (χ1v) is 8.46. The van der Waals surface area contributed by atoms with E-state index in [1.807, 2.05) is 6.07 Å². The molecule has 1 aliphatic heterocycles. The van der Waals surface area contributed by atoms with Gasteiger partial charge in [-0.2, -0.15) is 0 Å². The molecule has 2 heterocycles. The van der Waals surface area contributed by atoms with Gasteiger partial charge in [-0.05, 0) is 37.1 Å². The van der Waals surface area contributed by atoms with Crippen molar-refractivity contribution in [3.63, 3.8) is 0 Å². The number of amides is 1. The summed E-state index contributed by atoms with van der Waals surface area (Å²) in [6.07, 6.45) is 5.22. The van der Waals surface area contributed by atoms with Gasteiger partial charge in [0.25, 0.3) is 5.91 Å². The molecule has 2 aromatic rings. The van der Waals surface area contributed by atoms with Crippen molar-refractivity contribution in [3.05, 3.63) is 53.9 Å². The minimum atomic E-state index is -0.408. The van der Waals surface area contributed by atoms with E-state index < -0.39 is 5.97 Å². The molecular weight excluding hydrogens is 334 g/mol. The van der Waals surface area contributed by atoms with Crippen molar-refractivity contribution in [3.8, 4) is 0 Å². The predicted molar refractivity (Wildman–Crippen MR) is 96.6 cm³/mol. The van der Waals surface area contributed by atoms with Crippen molar-refractivity contribution in [2.75, 3.05) is 25.6 Å². The van der Waals surface area contributed by atoms with Gasteiger partial charge in [-0.3, -0.25) is 9.78 Å². The zero-order chi connectivity index (χ0) is 18.4. The molecule has 1 aromatic carbocycles. The lowest BCUT2D eigenvalue weighted by atomic mass is 10.2. The summed E-state index contributed by atoms with van der Waals surface area (Å²) in [5.74, 6) is -0.603. The van der Waals surface area contributed by atoms with Gasteiger partial charge in [0.2, 0.25) is 0 Å². The second kappa shape index (κ2) is 8.44. The van der Waals surface area contributed by atoms with Gasteiger partial charge in [-0.25, -0.2) is 4.79 Å². The number of carbonyl (C=O) groups excluding carboxylic acids is 2. The van der Waals surface area contributed by atoms with Crippen LogP contribution in [-0.4, -0.2) is 43.2 Å². The highest BCUT2D eigenvalue weighted by atomic mass is 16.5. The molecule has 136 valence electrons. The number of aromatic nitrogens is 1. The van der Waals surface area contributed by atoms with Crippen LogP contribution in [0.25, 0.3) is 0 Å². The SMILES string of the molecule is COC(=O)c1cccc(Nc2cncc(C(=O)NCC3CCCO3)c2)c1. The molecule has 1 aromatic heterocycles. The average Bonchev–Trinajstić information content (AvgIpc) is 3.19. The quantitative estimate of drug-likeness (QED) is 0.774. The summed E-state index contributed by atoms with van der Waals surface area (Å²) < 4.78 is 10.2. The molecule has 1 aliphatic rings. The highest BCUT2D eigenvalue weighted by molar-refractivity contribution is 5.95. The summed E-state index contributed by atoms with van der Waals surface area (Å²) in [7, 11) is 1.34. The Morgan fingerprint density at radius 3 is 2.85 bits per heavy atom. The Bertz CT molecular complexity index is 788. The van der Waals surface area contributed by atoms with E-state index in [2.05, 4.69) is 15.6 Å². The second-order valence-corrected chi connectivity index (χ2v) is 6.00. The van der Waals surface area contributed by atoms with Crippen molar-refractivity contribution < 1.29 is 19.1 Å². The summed E-state index contributed by atoms with van der Waals surface area (Å²) in [6, 6.07) is 8.62. The van der Waals surface area contributed by atoms with Gasteiger partial charge in [0, 0.05) is 25.0 Å². The molecule has 0 saturated carbocycles. The lowest BCUT2D eigenvalue weighted by Crippen LogP contribution is -2.31. The van der Waals surface area contributed by atoms with Crippen LogP contribution in [-0.2, 0) is 9.47 Å². The van der Waals surface area contributed by atoms with E-state index in [-0.39, 0.29) is 12.0 Å². The summed E-state index contributed by atoms with van der Waals surface area (Å²) in [6.45, 7) is 1.25. The number of rotatable bonds is 6. The van der Waals surface area contributed by atoms with Crippen LogP contribution in [0.4, 0.5) is 11.4 Å². The van der Waals surface area contributed by atoms with Crippen LogP contribution in [0.2, 0.25) is 0 Å². The maximum absolute atomic E-state index is 12.3. The van der Waals surface area contributed by atoms with Gasteiger partial charge in [0.1, 0.15) is 0 Å². The van der Waals surface area contributed by atoms with Crippen LogP contribution in [0, 0.1) is 0 Å². The molecule has 1 unspecified atom stereocenters. The first-order chi connectivity index (χ1) is 12.7. The zero-order valence-corrected chi connectivity index (χ0v) is 14.5. The van der Waals surface area contributed by atoms with Crippen LogP contribution in [0.15, 0.2) is 42.7 Å². The minimum Gasteiger partial charge on any atom is -0.465 e. The fraction of sp³-hybridized carbons (Fsp3) is 0.316. The third kappa shape index (κ3) is 4.58. The molecule has 0 radical (unpaired) electrons. The van der Waals surface area contributed by atoms with Gasteiger partial charge in [0.05, 0.1) is 36.2 Å². The smallest absolute Gasteiger partial charge is 0.337 e. The van der Waals surface area contributed by atoms with Crippen LogP contribution >= 0.6 is 0 Å². The van der Waals surface area contributed by atoms with Gasteiger partial charge in [-0.15, -0.1) is 0 Å². The number of methoxy groups -OCH3 is 1. The Hall–Kier alpha value is -2.93. The Morgan fingerprint density at radius 2 is 2.08 bits per heavy atom. The number of anilines is 2. The average molecular weight is 355 g/mol. The fourth-order valence-corrected chi connectivity index (χ4v) is 2.75. The van der Waals surface area contributed by atoms with Crippen molar-refractivity contribution in [2.24, 2.45) is 0 Å². The van der Waals surface area contributed by atoms with Crippen LogP contribution in [0.1, 0.15) is 33.6 Å². The molecule has 3 rings (SSSR count). The van der Waals surface area contributed by atoms with Crippen molar-refractivity contribution in [1.29, 1.82) is 0 Å². The topological polar surface area (TPSA) is 89.5 Å². The standard InChI is InChI=1S/C19H21N3O4/c1-25-19(24)13-4-2-5-15(8-13)22-16-9-14(10-20-11-16)18(23)21-12-17-6-3-7-26-17/h2,4-5,8-11,17,22H,3,6-7,12H2,1H3,(H,21,23). The summed E-state index contributed by atoms with van der Waals surface area (Å²) >= 11 is 0. The molecule has 2 N–H and O–H groups in total. The molecule has 7 heteroatoms. The number of nitrogens with zero attached hydrogens (tertiary/aromatic N) is 1. The van der Waals surface area contributed by atoms with Crippen LogP contribution in [0.3, 0.4) is 0 Å². The molecule has 1 saturated heterocycles. The van der Waals surface area contributed by atoms with E-state index in [0.717, 1.165) is 19.4 Å². The molecule has 7 nitrogen and oxygen atoms in total. The third-order valence-corrected chi connectivity index (χ3v) is 4.09. The summed E-state index contributed by atoms with van der Waals surface area (Å²) in [5, 5.41) is 6.01. The Labute approximate surface area is 151 Å². The van der Waals surface area contributed by atoms with Gasteiger partial charge < -0.3 is 20.1 Å². The number of nitrogens with one attached hydrogen (secondary N) is 2. The normalized spacial score (nSPS) is 16.1. The Kier molecular flexibility index (Phi) is 5.80. The van der Waals surface area contributed by atoms with Gasteiger partial charge in [0.15, 0.2) is 0 Å². The second-order valence-electron chi connectivity index (χ2n) is 6.00. The minimum absolute atomic E-state index is 0.0919. The maximum Gasteiger partial charge on any atom is 0.337 e. The summed E-state index contributed by atoms with van der Waals surface area (Å²) in [4.78, 5) is 28.0. The predicted octanol–water partition coefficient (Wildman–Crippen LogP) is 2.52. The lowest BCUT2D eigenvalue weighted by molar-refractivity contribution is 0.0600. The number of pyridine rings is 1. The number of ether oxygens (including phenoxy) is 2. The van der Waals surface area contributed by atoms with E-state index in [1.165, 1.54) is 13.3 Å². The lowest BCUT2D eigenvalue weighted by Gasteiger charge is -2.12. The summed E-state index contributed by atoms with van der Waals surface area (Å²) in [5.41, 5.74) is 2.25. The first kappa shape index (κ1) is 17.9. The zero-order valence-electron chi connectivity index (χ0n) is 14.5. The first-order valence-electron chi connectivity index (χ1n) is 8.46. The van der Waals surface area contributed by atoms with Crippen molar-refractivity contribution >= 4 is 23.3 Å². The fourth-order valence-electron chi connectivity index (χ4n) is 2.75. The number of benzene rings is 1. The molecule has 1 fully saturated rings. The molecule has 0 bridgehead atoms. The monoisotopic (exact) mass is 355 g/mol. The third-order valence-electron chi connectivity index (χ3n) is 4.09. The van der Waals surface area contributed by atoms with E-state index in [0.29, 0.717) is 29.0 Å². The number of carbonyl (C=O) groups is 2. The molecule has 26 heavy (non-hydrogen) atoms. The highest BCUT2D eigenvalue weighted by Crippen LogP contribution is 2.18. The molecule has 1 atom stereocenters. The number of hydrogen-bond acceptors (Lipinski definition) is 6. The van der Waals surface area contributed by atoms with Crippen LogP contribution < -0.4 is 10.6 Å². The van der Waals surface area contributed by atoms with E-state index >= 15 is 0 Å². The largest absolute Gasteiger partial charge is 0.465 e. The molecular formula is C19H21N3O4. The Morgan fingerprint density at radius 1 is 1.23 bits per heavy atom. The van der Waals surface area contributed by atoms with Crippen molar-refractivity contribution in [1.82, 2.24) is 10.3 Å². The molecule has 0 aliphatic carbocycles. The van der Waals surface area contributed by atoms with Gasteiger partial charge in [-0.1, -0.05) is 6.07 Å². The molecule has 1 amide bonds. The van der Waals surface area contributed by atoms with Gasteiger partial charge >= 0.3 is 5.97 Å². The van der Waals surface area contributed by atoms with E-state index in [1.54, 1.807) is 30.5 Å². The number of hydrogen-bond donors (Lipinski definition) is 2. The van der Waals surface area contributed by atoms with E-state index in [9.17, 15) is 9.59 Å². The number of esters is 1. The Balaban J connectivity index is 1.65. The maximum atomic E-state index is 12.3. The molecule has 0 spiro atoms. The van der Waals surface area contributed by atoms with Crippen LogP contribution in [0.5, 0.6) is 0 Å². The van der Waals surface area contributed by atoms with Crippen molar-refractivity contribution in [2.45, 2.75) is 18.9 Å². The van der Waals surface area contributed by atoms with E-state index in [4.69, 9.17) is 9.47 Å². The highest BCUT2D eigenvalue weighted by Gasteiger charge is 2.17.